The van der Waals surface area contributed by atoms with Crippen LogP contribution in [0, 0.1) is 13.8 Å². The van der Waals surface area contributed by atoms with Gasteiger partial charge in [-0.05, 0) is 68.3 Å². The summed E-state index contributed by atoms with van der Waals surface area (Å²) < 4.78 is 7.00. The zero-order valence-electron chi connectivity index (χ0n) is 17.7. The molecule has 2 heterocycles. The van der Waals surface area contributed by atoms with Crippen LogP contribution >= 0.6 is 0 Å². The van der Waals surface area contributed by atoms with Crippen LogP contribution in [-0.2, 0) is 11.3 Å². The van der Waals surface area contributed by atoms with Gasteiger partial charge < -0.3 is 19.6 Å². The molecule has 2 aromatic heterocycles. The first-order valence-corrected chi connectivity index (χ1v) is 10.1. The Bertz CT molecular complexity index is 1220. The lowest BCUT2D eigenvalue weighted by atomic mass is 10.1. The number of hydrogen-bond acceptors (Lipinski definition) is 4. The minimum absolute atomic E-state index is 0.0732. The molecule has 0 spiro atoms. The predicted molar refractivity (Wildman–Crippen MR) is 119 cm³/mol. The van der Waals surface area contributed by atoms with Gasteiger partial charge >= 0.3 is 0 Å². The summed E-state index contributed by atoms with van der Waals surface area (Å²) in [4.78, 5) is 30.0. The van der Waals surface area contributed by atoms with Gasteiger partial charge in [0.2, 0.25) is 5.91 Å². The molecule has 0 aliphatic heterocycles. The molecule has 1 unspecified atom stereocenters. The first-order valence-electron chi connectivity index (χ1n) is 10.1. The first-order chi connectivity index (χ1) is 14.9. The Kier molecular flexibility index (Phi) is 5.58. The van der Waals surface area contributed by atoms with Crippen molar-refractivity contribution in [2.45, 2.75) is 33.4 Å². The molecule has 31 heavy (non-hydrogen) atoms. The Hall–Kier alpha value is -3.87. The lowest BCUT2D eigenvalue weighted by Gasteiger charge is -2.16. The Morgan fingerprint density at radius 1 is 1.06 bits per heavy atom. The summed E-state index contributed by atoms with van der Waals surface area (Å²) in [7, 11) is 0. The predicted octanol–water partition coefficient (Wildman–Crippen LogP) is 4.38. The molecule has 0 saturated heterocycles. The highest BCUT2D eigenvalue weighted by atomic mass is 16.3. The van der Waals surface area contributed by atoms with Gasteiger partial charge in [0, 0.05) is 5.69 Å². The molecule has 2 N–H and O–H groups in total. The highest BCUT2D eigenvalue weighted by Gasteiger charge is 2.21. The number of hydrogen-bond donors (Lipinski definition) is 2. The fourth-order valence-corrected chi connectivity index (χ4v) is 3.72. The van der Waals surface area contributed by atoms with E-state index in [0.29, 0.717) is 5.82 Å². The minimum atomic E-state index is -0.431. The molecule has 7 nitrogen and oxygen atoms in total. The number of fused-ring (bicyclic) bond motifs is 1. The third-order valence-electron chi connectivity index (χ3n) is 4.97. The van der Waals surface area contributed by atoms with Crippen molar-refractivity contribution in [2.24, 2.45) is 0 Å². The Morgan fingerprint density at radius 2 is 1.81 bits per heavy atom. The summed E-state index contributed by atoms with van der Waals surface area (Å²) >= 11 is 0. The zero-order chi connectivity index (χ0) is 22.0. The van der Waals surface area contributed by atoms with Gasteiger partial charge in [0.25, 0.3) is 5.91 Å². The molecule has 2 amide bonds. The van der Waals surface area contributed by atoms with E-state index in [-0.39, 0.29) is 24.1 Å². The summed E-state index contributed by atoms with van der Waals surface area (Å²) in [6, 6.07) is 16.3. The average molecular weight is 416 g/mol. The van der Waals surface area contributed by atoms with E-state index in [1.54, 1.807) is 12.1 Å². The number of para-hydroxylation sites is 2. The second kappa shape index (κ2) is 8.47. The molecule has 0 saturated carbocycles. The second-order valence-electron chi connectivity index (χ2n) is 7.64. The van der Waals surface area contributed by atoms with E-state index >= 15 is 0 Å². The molecule has 4 rings (SSSR count). The largest absolute Gasteiger partial charge is 0.459 e. The number of imidazole rings is 1. The van der Waals surface area contributed by atoms with Gasteiger partial charge in [0.1, 0.15) is 12.4 Å². The number of nitrogens with one attached hydrogen (secondary N) is 2. The third kappa shape index (κ3) is 4.50. The summed E-state index contributed by atoms with van der Waals surface area (Å²) in [6.07, 6.45) is 1.45. The number of carbonyl (C=O) groups excluding carboxylic acids is 2. The van der Waals surface area contributed by atoms with Crippen molar-refractivity contribution >= 4 is 28.5 Å². The Morgan fingerprint density at radius 3 is 2.52 bits per heavy atom. The number of furan rings is 1. The van der Waals surface area contributed by atoms with Crippen LogP contribution in [0.15, 0.2) is 65.3 Å². The normalized spacial score (nSPS) is 12.0. The van der Waals surface area contributed by atoms with Crippen LogP contribution in [0.5, 0.6) is 0 Å². The summed E-state index contributed by atoms with van der Waals surface area (Å²) in [6.45, 7) is 5.89. The van der Waals surface area contributed by atoms with Crippen molar-refractivity contribution in [1.82, 2.24) is 14.9 Å². The molecule has 0 radical (unpaired) electrons. The topological polar surface area (TPSA) is 89.2 Å². The monoisotopic (exact) mass is 416 g/mol. The van der Waals surface area contributed by atoms with E-state index in [2.05, 4.69) is 21.7 Å². The third-order valence-corrected chi connectivity index (χ3v) is 4.97. The molecule has 0 aliphatic carbocycles. The van der Waals surface area contributed by atoms with Crippen LogP contribution in [0.4, 0.5) is 5.69 Å². The van der Waals surface area contributed by atoms with Gasteiger partial charge in [0.15, 0.2) is 5.76 Å². The van der Waals surface area contributed by atoms with Gasteiger partial charge in [-0.1, -0.05) is 18.2 Å². The molecule has 7 heteroatoms. The van der Waals surface area contributed by atoms with Gasteiger partial charge in [-0.2, -0.15) is 0 Å². The second-order valence-corrected chi connectivity index (χ2v) is 7.64. The van der Waals surface area contributed by atoms with Crippen molar-refractivity contribution in [1.29, 1.82) is 0 Å². The molecular weight excluding hydrogens is 392 g/mol. The maximum absolute atomic E-state index is 12.9. The van der Waals surface area contributed by atoms with Crippen molar-refractivity contribution in [3.63, 3.8) is 0 Å². The molecule has 4 aromatic rings. The smallest absolute Gasteiger partial charge is 0.287 e. The molecule has 0 fully saturated rings. The minimum Gasteiger partial charge on any atom is -0.459 e. The van der Waals surface area contributed by atoms with E-state index in [0.717, 1.165) is 27.8 Å². The number of carbonyl (C=O) groups is 2. The molecule has 0 bridgehead atoms. The maximum Gasteiger partial charge on any atom is 0.287 e. The standard InChI is InChI=1S/C24H24N4O3/c1-15-11-16(2)13-18(12-15)26-22(29)14-28-20-8-5-4-7-19(20)27-23(28)17(3)25-24(30)21-9-6-10-31-21/h4-13,17H,14H2,1-3H3,(H,25,30)(H,26,29). The van der Waals surface area contributed by atoms with Gasteiger partial charge in [-0.25, -0.2) is 4.98 Å². The lowest BCUT2D eigenvalue weighted by Crippen LogP contribution is -2.29. The average Bonchev–Trinajstić information content (AvgIpc) is 3.36. The van der Waals surface area contributed by atoms with Crippen LogP contribution in [0.1, 0.15) is 40.5 Å². The van der Waals surface area contributed by atoms with E-state index < -0.39 is 6.04 Å². The van der Waals surface area contributed by atoms with Crippen LogP contribution < -0.4 is 10.6 Å². The van der Waals surface area contributed by atoms with E-state index in [4.69, 9.17) is 4.42 Å². The number of aryl methyl sites for hydroxylation is 2. The van der Waals surface area contributed by atoms with Crippen molar-refractivity contribution in [3.05, 3.63) is 83.6 Å². The number of nitrogens with zero attached hydrogens (tertiary/aromatic N) is 2. The fourth-order valence-electron chi connectivity index (χ4n) is 3.72. The van der Waals surface area contributed by atoms with E-state index in [9.17, 15) is 9.59 Å². The van der Waals surface area contributed by atoms with Gasteiger partial charge in [-0.3, -0.25) is 9.59 Å². The quantitative estimate of drug-likeness (QED) is 0.488. The highest BCUT2D eigenvalue weighted by Crippen LogP contribution is 2.22. The van der Waals surface area contributed by atoms with Crippen molar-refractivity contribution < 1.29 is 14.0 Å². The Balaban J connectivity index is 1.60. The number of amides is 2. The SMILES string of the molecule is Cc1cc(C)cc(NC(=O)Cn2c(C(C)NC(=O)c3ccco3)nc3ccccc32)c1. The lowest BCUT2D eigenvalue weighted by molar-refractivity contribution is -0.116. The van der Waals surface area contributed by atoms with E-state index in [1.807, 2.05) is 61.7 Å². The zero-order valence-corrected chi connectivity index (χ0v) is 17.7. The molecule has 2 aromatic carbocycles. The number of rotatable bonds is 6. The van der Waals surface area contributed by atoms with Gasteiger partial charge in [0.05, 0.1) is 23.3 Å². The maximum atomic E-state index is 12.9. The fraction of sp³-hybridized carbons (Fsp3) is 0.208. The summed E-state index contributed by atoms with van der Waals surface area (Å²) in [5.74, 6) is 0.313. The molecule has 158 valence electrons. The molecule has 0 aliphatic rings. The van der Waals surface area contributed by atoms with Crippen molar-refractivity contribution in [3.8, 4) is 0 Å². The summed E-state index contributed by atoms with van der Waals surface area (Å²) in [5.41, 5.74) is 4.51. The number of benzene rings is 2. The van der Waals surface area contributed by atoms with Crippen LogP contribution in [0.3, 0.4) is 0 Å². The summed E-state index contributed by atoms with van der Waals surface area (Å²) in [5, 5.41) is 5.86. The Labute approximate surface area is 180 Å². The molecule has 1 atom stereocenters. The van der Waals surface area contributed by atoms with Crippen LogP contribution in [-0.4, -0.2) is 21.4 Å². The van der Waals surface area contributed by atoms with Crippen LogP contribution in [0.2, 0.25) is 0 Å². The van der Waals surface area contributed by atoms with E-state index in [1.165, 1.54) is 6.26 Å². The highest BCUT2D eigenvalue weighted by molar-refractivity contribution is 5.93. The number of aromatic nitrogens is 2. The number of anilines is 1. The molecular formula is C24H24N4O3. The first kappa shape index (κ1) is 20.4. The van der Waals surface area contributed by atoms with Crippen LogP contribution in [0.25, 0.3) is 11.0 Å². The van der Waals surface area contributed by atoms with Crippen molar-refractivity contribution in [2.75, 3.05) is 5.32 Å². The van der Waals surface area contributed by atoms with Gasteiger partial charge in [-0.15, -0.1) is 0 Å².